The van der Waals surface area contributed by atoms with Gasteiger partial charge in [0.2, 0.25) is 0 Å². The monoisotopic (exact) mass is 161 g/mol. The molecule has 0 unspecified atom stereocenters. The van der Waals surface area contributed by atoms with E-state index >= 15 is 0 Å². The fourth-order valence-electron chi connectivity index (χ4n) is 1.14. The molecule has 0 saturated carbocycles. The smallest absolute Gasteiger partial charge is 0.0876 e. The Morgan fingerprint density at radius 2 is 2.25 bits per heavy atom. The lowest BCUT2D eigenvalue weighted by molar-refractivity contribution is 0.733. The highest BCUT2D eigenvalue weighted by atomic mass is 15.4. The van der Waals surface area contributed by atoms with Crippen LogP contribution >= 0.6 is 0 Å². The summed E-state index contributed by atoms with van der Waals surface area (Å²) in [5.41, 5.74) is 2.15. The van der Waals surface area contributed by atoms with Gasteiger partial charge >= 0.3 is 0 Å². The third-order valence-corrected chi connectivity index (χ3v) is 1.86. The molecule has 62 valence electrons. The van der Waals surface area contributed by atoms with Crippen LogP contribution in [0.1, 0.15) is 25.5 Å². The molecular formula is C9H11N3. The zero-order chi connectivity index (χ0) is 8.55. The van der Waals surface area contributed by atoms with Crippen molar-refractivity contribution in [3.05, 3.63) is 30.1 Å². The van der Waals surface area contributed by atoms with Crippen molar-refractivity contribution < 1.29 is 0 Å². The van der Waals surface area contributed by atoms with Gasteiger partial charge in [0, 0.05) is 6.20 Å². The van der Waals surface area contributed by atoms with Gasteiger partial charge in [0.05, 0.1) is 11.2 Å². The lowest BCUT2D eigenvalue weighted by atomic mass is 10.1. The highest BCUT2D eigenvalue weighted by molar-refractivity contribution is 5.45. The normalized spacial score (nSPS) is 11.2. The lowest BCUT2D eigenvalue weighted by Gasteiger charge is -1.94. The van der Waals surface area contributed by atoms with Crippen LogP contribution in [0.4, 0.5) is 0 Å². The summed E-state index contributed by atoms with van der Waals surface area (Å²) in [4.78, 5) is 0. The van der Waals surface area contributed by atoms with Crippen molar-refractivity contribution in [2.24, 2.45) is 0 Å². The Kier molecular flexibility index (Phi) is 1.57. The van der Waals surface area contributed by atoms with E-state index in [0.29, 0.717) is 5.92 Å². The summed E-state index contributed by atoms with van der Waals surface area (Å²) in [5, 5.41) is 8.41. The molecule has 0 aromatic carbocycles. The van der Waals surface area contributed by atoms with Crippen LogP contribution in [-0.2, 0) is 0 Å². The summed E-state index contributed by atoms with van der Waals surface area (Å²) in [6.07, 6.45) is 1.74. The maximum atomic E-state index is 4.32. The van der Waals surface area contributed by atoms with Gasteiger partial charge in [0.15, 0.2) is 0 Å². The molecule has 0 fully saturated rings. The van der Waals surface area contributed by atoms with E-state index in [1.165, 1.54) is 0 Å². The molecule has 0 radical (unpaired) electrons. The van der Waals surface area contributed by atoms with E-state index in [9.17, 15) is 0 Å². The van der Waals surface area contributed by atoms with Gasteiger partial charge in [-0.25, -0.2) is 0 Å². The molecule has 12 heavy (non-hydrogen) atoms. The minimum Gasteiger partial charge on any atom is -0.159 e. The molecule has 2 heterocycles. The highest BCUT2D eigenvalue weighted by Crippen LogP contribution is 2.13. The van der Waals surface area contributed by atoms with Crippen molar-refractivity contribution in [2.45, 2.75) is 19.8 Å². The molecule has 2 aromatic heterocycles. The summed E-state index contributed by atoms with van der Waals surface area (Å²) in [7, 11) is 0. The van der Waals surface area contributed by atoms with Gasteiger partial charge in [-0.2, -0.15) is 14.8 Å². The summed E-state index contributed by atoms with van der Waals surface area (Å²) < 4.78 is 1.66. The maximum Gasteiger partial charge on any atom is 0.0876 e. The van der Waals surface area contributed by atoms with Crippen molar-refractivity contribution >= 4 is 5.52 Å². The van der Waals surface area contributed by atoms with E-state index in [-0.39, 0.29) is 0 Å². The van der Waals surface area contributed by atoms with E-state index in [1.807, 2.05) is 12.1 Å². The van der Waals surface area contributed by atoms with Crippen LogP contribution in [-0.4, -0.2) is 14.8 Å². The molecule has 0 aliphatic carbocycles. The number of nitrogens with zero attached hydrogens (tertiary/aromatic N) is 3. The van der Waals surface area contributed by atoms with Crippen LogP contribution < -0.4 is 0 Å². The Morgan fingerprint density at radius 1 is 1.42 bits per heavy atom. The van der Waals surface area contributed by atoms with Crippen molar-refractivity contribution in [3.63, 3.8) is 0 Å². The minimum atomic E-state index is 0.465. The largest absolute Gasteiger partial charge is 0.159 e. The number of hydrogen-bond donors (Lipinski definition) is 0. The van der Waals surface area contributed by atoms with E-state index in [4.69, 9.17) is 0 Å². The third kappa shape index (κ3) is 1.07. The fraction of sp³-hybridized carbons (Fsp3) is 0.333. The molecule has 0 amide bonds. The van der Waals surface area contributed by atoms with Gasteiger partial charge < -0.3 is 0 Å². The molecule has 3 nitrogen and oxygen atoms in total. The van der Waals surface area contributed by atoms with Gasteiger partial charge in [-0.1, -0.05) is 13.8 Å². The Morgan fingerprint density at radius 3 is 2.92 bits per heavy atom. The Hall–Kier alpha value is -1.38. The molecule has 0 aliphatic rings. The Labute approximate surface area is 71.0 Å². The van der Waals surface area contributed by atoms with Crippen LogP contribution in [0, 0.1) is 0 Å². The van der Waals surface area contributed by atoms with E-state index in [0.717, 1.165) is 11.2 Å². The molecular weight excluding hydrogens is 150 g/mol. The van der Waals surface area contributed by atoms with Crippen molar-refractivity contribution in [1.82, 2.24) is 14.8 Å². The van der Waals surface area contributed by atoms with Crippen LogP contribution in [0.15, 0.2) is 24.4 Å². The Bertz CT molecular complexity index is 356. The number of fused-ring (bicyclic) bond motifs is 1. The second-order valence-electron chi connectivity index (χ2n) is 3.16. The third-order valence-electron chi connectivity index (χ3n) is 1.86. The van der Waals surface area contributed by atoms with E-state index < -0.39 is 0 Å². The summed E-state index contributed by atoms with van der Waals surface area (Å²) in [5.74, 6) is 0.465. The zero-order valence-corrected chi connectivity index (χ0v) is 7.23. The predicted octanol–water partition coefficient (Wildman–Crippen LogP) is 1.85. The first kappa shape index (κ1) is 7.28. The molecule has 3 heteroatoms. The van der Waals surface area contributed by atoms with E-state index in [1.54, 1.807) is 10.8 Å². The molecule has 0 N–H and O–H groups in total. The van der Waals surface area contributed by atoms with Gasteiger partial charge in [0.25, 0.3) is 0 Å². The SMILES string of the molecule is CC(C)c1cc2cccnn2n1. The van der Waals surface area contributed by atoms with Crippen molar-refractivity contribution in [2.75, 3.05) is 0 Å². The van der Waals surface area contributed by atoms with Crippen LogP contribution in [0.25, 0.3) is 5.52 Å². The molecule has 0 spiro atoms. The van der Waals surface area contributed by atoms with Gasteiger partial charge in [-0.15, -0.1) is 0 Å². The average Bonchev–Trinajstić information content (AvgIpc) is 2.46. The number of rotatable bonds is 1. The zero-order valence-electron chi connectivity index (χ0n) is 7.23. The quantitative estimate of drug-likeness (QED) is 0.639. The number of hydrogen-bond acceptors (Lipinski definition) is 2. The van der Waals surface area contributed by atoms with Gasteiger partial charge in [0.1, 0.15) is 0 Å². The first-order valence-electron chi connectivity index (χ1n) is 4.08. The van der Waals surface area contributed by atoms with Crippen molar-refractivity contribution in [1.29, 1.82) is 0 Å². The van der Waals surface area contributed by atoms with Crippen LogP contribution in [0.3, 0.4) is 0 Å². The average molecular weight is 161 g/mol. The number of aromatic nitrogens is 3. The molecule has 0 saturated heterocycles. The molecule has 0 atom stereocenters. The second kappa shape index (κ2) is 2.59. The summed E-state index contributed by atoms with van der Waals surface area (Å²) in [6.45, 7) is 4.25. The topological polar surface area (TPSA) is 30.2 Å². The molecule has 0 bridgehead atoms. The molecule has 2 aromatic rings. The Balaban J connectivity index is 2.62. The summed E-state index contributed by atoms with van der Waals surface area (Å²) >= 11 is 0. The van der Waals surface area contributed by atoms with Crippen molar-refractivity contribution in [3.8, 4) is 0 Å². The standard InChI is InChI=1S/C9H11N3/c1-7(2)9-6-8-4-3-5-10-12(8)11-9/h3-7H,1-2H3. The molecule has 0 aliphatic heterocycles. The fourth-order valence-corrected chi connectivity index (χ4v) is 1.14. The lowest BCUT2D eigenvalue weighted by Crippen LogP contribution is -1.93. The maximum absolute atomic E-state index is 4.32. The van der Waals surface area contributed by atoms with Gasteiger partial charge in [-0.3, -0.25) is 0 Å². The summed E-state index contributed by atoms with van der Waals surface area (Å²) in [6, 6.07) is 5.99. The molecule has 2 rings (SSSR count). The van der Waals surface area contributed by atoms with Crippen LogP contribution in [0.5, 0.6) is 0 Å². The van der Waals surface area contributed by atoms with Gasteiger partial charge in [-0.05, 0) is 24.1 Å². The minimum absolute atomic E-state index is 0.465. The first-order valence-corrected chi connectivity index (χ1v) is 4.08. The first-order chi connectivity index (χ1) is 5.77. The van der Waals surface area contributed by atoms with Crippen LogP contribution in [0.2, 0.25) is 0 Å². The predicted molar refractivity (Wildman–Crippen MR) is 47.1 cm³/mol. The highest BCUT2D eigenvalue weighted by Gasteiger charge is 2.04. The second-order valence-corrected chi connectivity index (χ2v) is 3.16. The van der Waals surface area contributed by atoms with E-state index in [2.05, 4.69) is 30.1 Å².